The van der Waals surface area contributed by atoms with E-state index in [0.29, 0.717) is 13.2 Å². The molecule has 0 aliphatic carbocycles. The van der Waals surface area contributed by atoms with E-state index < -0.39 is 0 Å². The molecule has 1 heterocycles. The van der Waals surface area contributed by atoms with E-state index in [1.807, 2.05) is 31.3 Å². The summed E-state index contributed by atoms with van der Waals surface area (Å²) in [5, 5.41) is 1.06. The molecule has 2 rings (SSSR count). The van der Waals surface area contributed by atoms with Gasteiger partial charge in [-0.05, 0) is 47.4 Å². The summed E-state index contributed by atoms with van der Waals surface area (Å²) < 4.78 is 6.86. The molecule has 2 aromatic rings. The Hall–Kier alpha value is -0.910. The molecule has 0 saturated carbocycles. The topological polar surface area (TPSA) is 48.1 Å². The van der Waals surface area contributed by atoms with Gasteiger partial charge in [-0.15, -0.1) is 11.3 Å². The quantitative estimate of drug-likeness (QED) is 0.917. The van der Waals surface area contributed by atoms with Gasteiger partial charge in [0.15, 0.2) is 0 Å². The minimum atomic E-state index is 0.547. The van der Waals surface area contributed by atoms with Crippen molar-refractivity contribution < 1.29 is 4.74 Å². The smallest absolute Gasteiger partial charge is 0.137 e. The molecule has 0 saturated heterocycles. The summed E-state index contributed by atoms with van der Waals surface area (Å²) in [6.45, 7) is 3.16. The number of nitrogens with two attached hydrogens (primary N) is 1. The maximum absolute atomic E-state index is 5.89. The summed E-state index contributed by atoms with van der Waals surface area (Å²) in [6.07, 6.45) is 2.68. The molecular weight excluding hydrogens is 312 g/mol. The van der Waals surface area contributed by atoms with Gasteiger partial charge >= 0.3 is 0 Å². The molecule has 96 valence electrons. The van der Waals surface area contributed by atoms with E-state index in [4.69, 9.17) is 10.5 Å². The van der Waals surface area contributed by atoms with Crippen LogP contribution in [0.1, 0.15) is 15.4 Å². The highest BCUT2D eigenvalue weighted by molar-refractivity contribution is 9.10. The molecule has 18 heavy (non-hydrogen) atoms. The molecule has 2 N–H and O–H groups in total. The number of benzene rings is 1. The van der Waals surface area contributed by atoms with Gasteiger partial charge in [0.2, 0.25) is 0 Å². The van der Waals surface area contributed by atoms with Crippen molar-refractivity contribution in [3.05, 3.63) is 44.3 Å². The first-order chi connectivity index (χ1) is 8.70. The summed E-state index contributed by atoms with van der Waals surface area (Å²) in [7, 11) is 0. The third-order valence-corrected chi connectivity index (χ3v) is 4.00. The Balaban J connectivity index is 2.12. The fraction of sp³-hybridized carbons (Fsp3) is 0.308. The van der Waals surface area contributed by atoms with Crippen LogP contribution < -0.4 is 10.5 Å². The predicted octanol–water partition coefficient (Wildman–Crippen LogP) is 3.29. The average Bonchev–Trinajstić information content (AvgIpc) is 2.75. The first-order valence-electron chi connectivity index (χ1n) is 5.72. The Morgan fingerprint density at radius 3 is 2.94 bits per heavy atom. The molecule has 3 nitrogen and oxygen atoms in total. The predicted molar refractivity (Wildman–Crippen MR) is 78.1 cm³/mol. The second kappa shape index (κ2) is 6.31. The maximum Gasteiger partial charge on any atom is 0.137 e. The van der Waals surface area contributed by atoms with E-state index in [2.05, 4.69) is 20.9 Å². The van der Waals surface area contributed by atoms with Gasteiger partial charge in [0.05, 0.1) is 14.4 Å². The Labute approximate surface area is 119 Å². The Kier molecular flexibility index (Phi) is 4.74. The largest absolute Gasteiger partial charge is 0.487 e. The summed E-state index contributed by atoms with van der Waals surface area (Å²) in [5.74, 6) is 0.883. The summed E-state index contributed by atoms with van der Waals surface area (Å²) in [6, 6.07) is 6.02. The zero-order chi connectivity index (χ0) is 13.0. The number of thiazole rings is 1. The molecule has 1 aromatic heterocycles. The second-order valence-corrected chi connectivity index (χ2v) is 6.07. The van der Waals surface area contributed by atoms with Crippen LogP contribution in [0, 0.1) is 6.92 Å². The molecule has 0 atom stereocenters. The van der Waals surface area contributed by atoms with E-state index in [1.165, 1.54) is 0 Å². The lowest BCUT2D eigenvalue weighted by atomic mass is 10.1. The highest BCUT2D eigenvalue weighted by Gasteiger charge is 2.08. The monoisotopic (exact) mass is 326 g/mol. The number of hydrogen-bond donors (Lipinski definition) is 1. The average molecular weight is 327 g/mol. The number of nitrogens with zero attached hydrogens (tertiary/aromatic N) is 1. The van der Waals surface area contributed by atoms with Gasteiger partial charge in [-0.1, -0.05) is 12.1 Å². The SMILES string of the molecule is Cc1ncc(COc2c(Br)cccc2CCN)s1. The zero-order valence-electron chi connectivity index (χ0n) is 10.1. The van der Waals surface area contributed by atoms with Gasteiger partial charge in [0.25, 0.3) is 0 Å². The molecule has 0 aliphatic rings. The summed E-state index contributed by atoms with van der Waals surface area (Å²) in [5.41, 5.74) is 6.74. The number of rotatable bonds is 5. The van der Waals surface area contributed by atoms with E-state index in [1.54, 1.807) is 11.3 Å². The van der Waals surface area contributed by atoms with Crippen LogP contribution in [0.5, 0.6) is 5.75 Å². The van der Waals surface area contributed by atoms with Crippen molar-refractivity contribution in [1.29, 1.82) is 0 Å². The van der Waals surface area contributed by atoms with Crippen LogP contribution in [0.3, 0.4) is 0 Å². The lowest BCUT2D eigenvalue weighted by Gasteiger charge is -2.12. The van der Waals surface area contributed by atoms with E-state index >= 15 is 0 Å². The highest BCUT2D eigenvalue weighted by Crippen LogP contribution is 2.30. The number of para-hydroxylation sites is 1. The van der Waals surface area contributed by atoms with Gasteiger partial charge in [-0.25, -0.2) is 4.98 Å². The molecule has 5 heteroatoms. The Bertz CT molecular complexity index is 527. The fourth-order valence-corrected chi connectivity index (χ4v) is 2.91. The molecule has 1 aromatic carbocycles. The lowest BCUT2D eigenvalue weighted by Crippen LogP contribution is -2.05. The van der Waals surface area contributed by atoms with Crippen LogP contribution in [-0.2, 0) is 13.0 Å². The molecule has 0 radical (unpaired) electrons. The van der Waals surface area contributed by atoms with Crippen molar-refractivity contribution in [3.63, 3.8) is 0 Å². The lowest BCUT2D eigenvalue weighted by molar-refractivity contribution is 0.304. The van der Waals surface area contributed by atoms with Crippen molar-refractivity contribution in [2.45, 2.75) is 20.0 Å². The van der Waals surface area contributed by atoms with Crippen LogP contribution in [0.2, 0.25) is 0 Å². The molecule has 0 aliphatic heterocycles. The molecule has 0 fully saturated rings. The fourth-order valence-electron chi connectivity index (χ4n) is 1.68. The third kappa shape index (κ3) is 3.31. The van der Waals surface area contributed by atoms with Crippen molar-refractivity contribution >= 4 is 27.3 Å². The van der Waals surface area contributed by atoms with E-state index in [0.717, 1.165) is 32.1 Å². The van der Waals surface area contributed by atoms with Gasteiger partial charge < -0.3 is 10.5 Å². The first-order valence-corrected chi connectivity index (χ1v) is 7.33. The molecule has 0 spiro atoms. The molecule has 0 unspecified atom stereocenters. The minimum absolute atomic E-state index is 0.547. The summed E-state index contributed by atoms with van der Waals surface area (Å²) in [4.78, 5) is 5.34. The van der Waals surface area contributed by atoms with Gasteiger partial charge in [0.1, 0.15) is 12.4 Å². The Morgan fingerprint density at radius 1 is 1.44 bits per heavy atom. The maximum atomic E-state index is 5.89. The van der Waals surface area contributed by atoms with Crippen molar-refractivity contribution in [2.75, 3.05) is 6.54 Å². The van der Waals surface area contributed by atoms with Gasteiger partial charge in [0, 0.05) is 6.20 Å². The van der Waals surface area contributed by atoms with Crippen LogP contribution in [0.15, 0.2) is 28.9 Å². The number of halogens is 1. The minimum Gasteiger partial charge on any atom is -0.487 e. The van der Waals surface area contributed by atoms with Crippen molar-refractivity contribution in [2.24, 2.45) is 5.73 Å². The van der Waals surface area contributed by atoms with E-state index in [9.17, 15) is 0 Å². The third-order valence-electron chi connectivity index (χ3n) is 2.49. The van der Waals surface area contributed by atoms with Crippen molar-refractivity contribution in [3.8, 4) is 5.75 Å². The van der Waals surface area contributed by atoms with Crippen LogP contribution in [0.4, 0.5) is 0 Å². The standard InChI is InChI=1S/C13H15BrN2OS/c1-9-16-7-11(18-9)8-17-13-10(5-6-15)3-2-4-12(13)14/h2-4,7H,5-6,8,15H2,1H3. The first kappa shape index (κ1) is 13.5. The van der Waals surface area contributed by atoms with Crippen LogP contribution in [-0.4, -0.2) is 11.5 Å². The molecular formula is C13H15BrN2OS. The van der Waals surface area contributed by atoms with Gasteiger partial charge in [-0.2, -0.15) is 0 Å². The van der Waals surface area contributed by atoms with Crippen molar-refractivity contribution in [1.82, 2.24) is 4.98 Å². The normalized spacial score (nSPS) is 10.6. The highest BCUT2D eigenvalue weighted by atomic mass is 79.9. The Morgan fingerprint density at radius 2 is 2.28 bits per heavy atom. The van der Waals surface area contributed by atoms with Crippen LogP contribution in [0.25, 0.3) is 0 Å². The number of aromatic nitrogens is 1. The van der Waals surface area contributed by atoms with Gasteiger partial charge in [-0.3, -0.25) is 0 Å². The van der Waals surface area contributed by atoms with E-state index in [-0.39, 0.29) is 0 Å². The number of ether oxygens (including phenoxy) is 1. The van der Waals surface area contributed by atoms with Crippen LogP contribution >= 0.6 is 27.3 Å². The summed E-state index contributed by atoms with van der Waals surface area (Å²) >= 11 is 5.17. The molecule has 0 amide bonds. The number of hydrogen-bond acceptors (Lipinski definition) is 4. The number of aryl methyl sites for hydroxylation is 1. The molecule has 0 bridgehead atoms. The zero-order valence-corrected chi connectivity index (χ0v) is 12.6. The second-order valence-electron chi connectivity index (χ2n) is 3.90.